The third kappa shape index (κ3) is 6.45. The molecule has 0 saturated heterocycles. The van der Waals surface area contributed by atoms with Crippen molar-refractivity contribution in [1.82, 2.24) is 5.32 Å². The summed E-state index contributed by atoms with van der Waals surface area (Å²) in [5.74, 6) is -0.196. The Hall–Kier alpha value is -2.61. The molecular formula is C21H27FN2O4S. The van der Waals surface area contributed by atoms with Gasteiger partial charge in [0.15, 0.2) is 0 Å². The fourth-order valence-corrected chi connectivity index (χ4v) is 4.23. The second kappa shape index (κ2) is 10.2. The number of nitrogens with one attached hydrogen (secondary N) is 1. The zero-order chi connectivity index (χ0) is 21.4. The normalized spacial score (nSPS) is 12.3. The molecule has 2 aromatic carbocycles. The molecule has 1 amide bonds. The number of halogens is 1. The van der Waals surface area contributed by atoms with E-state index in [1.165, 1.54) is 25.1 Å². The fourth-order valence-electron chi connectivity index (χ4n) is 3.07. The van der Waals surface area contributed by atoms with Crippen LogP contribution in [0.15, 0.2) is 48.5 Å². The van der Waals surface area contributed by atoms with Gasteiger partial charge in [0.05, 0.1) is 18.6 Å². The average Bonchev–Trinajstić information content (AvgIpc) is 2.65. The Balaban J connectivity index is 1.98. The van der Waals surface area contributed by atoms with Gasteiger partial charge in [-0.2, -0.15) is 0 Å². The molecule has 8 heteroatoms. The molecule has 29 heavy (non-hydrogen) atoms. The van der Waals surface area contributed by atoms with Gasteiger partial charge in [0.1, 0.15) is 17.6 Å². The number of hydrogen-bond acceptors (Lipinski definition) is 4. The van der Waals surface area contributed by atoms with Crippen LogP contribution in [0.5, 0.6) is 5.75 Å². The van der Waals surface area contributed by atoms with Crippen molar-refractivity contribution < 1.29 is 22.3 Å². The molecule has 2 aromatic rings. The first-order valence-electron chi connectivity index (χ1n) is 9.47. The predicted octanol–water partition coefficient (Wildman–Crippen LogP) is 3.13. The summed E-state index contributed by atoms with van der Waals surface area (Å²) in [7, 11) is -3.78. The largest absolute Gasteiger partial charge is 0.494 e. The Bertz CT molecular complexity index is 934. The second-order valence-electron chi connectivity index (χ2n) is 6.65. The van der Waals surface area contributed by atoms with Gasteiger partial charge < -0.3 is 10.1 Å². The van der Waals surface area contributed by atoms with Crippen molar-refractivity contribution in [2.75, 3.05) is 23.7 Å². The highest BCUT2D eigenvalue weighted by molar-refractivity contribution is 7.92. The molecule has 1 atom stereocenters. The predicted molar refractivity (Wildman–Crippen MR) is 112 cm³/mol. The molecule has 2 rings (SSSR count). The molecule has 0 bridgehead atoms. The molecule has 0 aromatic heterocycles. The van der Waals surface area contributed by atoms with E-state index in [9.17, 15) is 17.6 Å². The Labute approximate surface area is 171 Å². The summed E-state index contributed by atoms with van der Waals surface area (Å²) in [5, 5.41) is 2.76. The van der Waals surface area contributed by atoms with Gasteiger partial charge in [0, 0.05) is 6.54 Å². The molecule has 0 aliphatic carbocycles. The number of carbonyl (C=O) groups excluding carboxylic acids is 1. The smallest absolute Gasteiger partial charge is 0.243 e. The van der Waals surface area contributed by atoms with Crippen molar-refractivity contribution in [3.63, 3.8) is 0 Å². The third-order valence-electron chi connectivity index (χ3n) is 4.35. The highest BCUT2D eigenvalue weighted by atomic mass is 32.2. The lowest BCUT2D eigenvalue weighted by atomic mass is 10.1. The van der Waals surface area contributed by atoms with E-state index in [-0.39, 0.29) is 5.69 Å². The van der Waals surface area contributed by atoms with Crippen LogP contribution in [0.1, 0.15) is 25.8 Å². The summed E-state index contributed by atoms with van der Waals surface area (Å²) >= 11 is 0. The quantitative estimate of drug-likeness (QED) is 0.597. The van der Waals surface area contributed by atoms with Gasteiger partial charge in [-0.25, -0.2) is 12.8 Å². The lowest BCUT2D eigenvalue weighted by Gasteiger charge is -2.28. The third-order valence-corrected chi connectivity index (χ3v) is 5.59. The molecule has 6 nitrogen and oxygen atoms in total. The van der Waals surface area contributed by atoms with Crippen molar-refractivity contribution >= 4 is 21.6 Å². The maximum absolute atomic E-state index is 13.5. The molecular weight excluding hydrogens is 395 g/mol. The number of rotatable bonds is 10. The molecule has 1 unspecified atom stereocenters. The number of benzene rings is 2. The van der Waals surface area contributed by atoms with E-state index in [4.69, 9.17) is 4.74 Å². The average molecular weight is 423 g/mol. The van der Waals surface area contributed by atoms with Crippen LogP contribution in [0, 0.1) is 5.82 Å². The van der Waals surface area contributed by atoms with E-state index < -0.39 is 27.8 Å². The second-order valence-corrected chi connectivity index (χ2v) is 8.51. The van der Waals surface area contributed by atoms with E-state index in [0.717, 1.165) is 27.9 Å². The number of anilines is 1. The van der Waals surface area contributed by atoms with Crippen LogP contribution in [0.4, 0.5) is 10.1 Å². The first-order valence-corrected chi connectivity index (χ1v) is 11.3. The Morgan fingerprint density at radius 1 is 1.21 bits per heavy atom. The lowest BCUT2D eigenvalue weighted by Crippen LogP contribution is -2.48. The summed E-state index contributed by atoms with van der Waals surface area (Å²) < 4.78 is 44.5. The minimum atomic E-state index is -3.78. The van der Waals surface area contributed by atoms with Crippen LogP contribution in [0.2, 0.25) is 0 Å². The summed E-state index contributed by atoms with van der Waals surface area (Å²) in [6.45, 7) is 4.35. The van der Waals surface area contributed by atoms with Gasteiger partial charge in [-0.1, -0.05) is 24.3 Å². The zero-order valence-electron chi connectivity index (χ0n) is 16.9. The van der Waals surface area contributed by atoms with E-state index in [0.29, 0.717) is 26.0 Å². The van der Waals surface area contributed by atoms with E-state index in [1.807, 2.05) is 31.2 Å². The summed E-state index contributed by atoms with van der Waals surface area (Å²) in [6, 6.07) is 11.9. The molecule has 0 fully saturated rings. The number of hydrogen-bond donors (Lipinski definition) is 1. The topological polar surface area (TPSA) is 75.7 Å². The van der Waals surface area contributed by atoms with Crippen LogP contribution in [-0.4, -0.2) is 39.8 Å². The first-order chi connectivity index (χ1) is 13.7. The number of sulfonamides is 1. The SMILES string of the molecule is CCOc1ccccc1CCCNC(=O)C(C)N(c1cccc(F)c1)S(C)(=O)=O. The molecule has 0 radical (unpaired) electrons. The van der Waals surface area contributed by atoms with Crippen LogP contribution in [0.25, 0.3) is 0 Å². The fraction of sp³-hybridized carbons (Fsp3) is 0.381. The van der Waals surface area contributed by atoms with E-state index in [2.05, 4.69) is 5.32 Å². The summed E-state index contributed by atoms with van der Waals surface area (Å²) in [5.41, 5.74) is 1.16. The van der Waals surface area contributed by atoms with E-state index in [1.54, 1.807) is 0 Å². The number of carbonyl (C=O) groups is 1. The van der Waals surface area contributed by atoms with Crippen molar-refractivity contribution in [3.8, 4) is 5.75 Å². The van der Waals surface area contributed by atoms with Gasteiger partial charge in [0.2, 0.25) is 15.9 Å². The van der Waals surface area contributed by atoms with Crippen LogP contribution in [0.3, 0.4) is 0 Å². The van der Waals surface area contributed by atoms with Gasteiger partial charge in [-0.15, -0.1) is 0 Å². The number of aryl methyl sites for hydroxylation is 1. The number of nitrogens with zero attached hydrogens (tertiary/aromatic N) is 1. The summed E-state index contributed by atoms with van der Waals surface area (Å²) in [6.07, 6.45) is 2.37. The van der Waals surface area contributed by atoms with Crippen molar-refractivity contribution in [2.24, 2.45) is 0 Å². The molecule has 0 saturated carbocycles. The molecule has 158 valence electrons. The van der Waals surface area contributed by atoms with E-state index >= 15 is 0 Å². The van der Waals surface area contributed by atoms with Gasteiger partial charge in [-0.3, -0.25) is 9.10 Å². The van der Waals surface area contributed by atoms with Crippen LogP contribution >= 0.6 is 0 Å². The molecule has 1 N–H and O–H groups in total. The number of ether oxygens (including phenoxy) is 1. The number of para-hydroxylation sites is 1. The van der Waals surface area contributed by atoms with Crippen LogP contribution in [-0.2, 0) is 21.2 Å². The molecule has 0 aliphatic heterocycles. The van der Waals surface area contributed by atoms with Gasteiger partial charge in [-0.05, 0) is 56.5 Å². The molecule has 0 spiro atoms. The maximum atomic E-state index is 13.5. The lowest BCUT2D eigenvalue weighted by molar-refractivity contribution is -0.121. The van der Waals surface area contributed by atoms with Crippen molar-refractivity contribution in [2.45, 2.75) is 32.7 Å². The van der Waals surface area contributed by atoms with Gasteiger partial charge >= 0.3 is 0 Å². The Morgan fingerprint density at radius 2 is 1.93 bits per heavy atom. The monoisotopic (exact) mass is 422 g/mol. The maximum Gasteiger partial charge on any atom is 0.243 e. The van der Waals surface area contributed by atoms with Crippen molar-refractivity contribution in [3.05, 3.63) is 59.9 Å². The zero-order valence-corrected chi connectivity index (χ0v) is 17.7. The minimum absolute atomic E-state index is 0.112. The highest BCUT2D eigenvalue weighted by Crippen LogP contribution is 2.22. The first kappa shape index (κ1) is 22.7. The number of amides is 1. The Morgan fingerprint density at radius 3 is 2.59 bits per heavy atom. The van der Waals surface area contributed by atoms with Gasteiger partial charge in [0.25, 0.3) is 0 Å². The minimum Gasteiger partial charge on any atom is -0.494 e. The summed E-state index contributed by atoms with van der Waals surface area (Å²) in [4.78, 5) is 12.5. The Kier molecular flexibility index (Phi) is 8.01. The van der Waals surface area contributed by atoms with Crippen LogP contribution < -0.4 is 14.4 Å². The highest BCUT2D eigenvalue weighted by Gasteiger charge is 2.29. The standard InChI is InChI=1S/C21H27FN2O4S/c1-4-28-20-13-6-5-9-17(20)10-8-14-23-21(25)16(2)24(29(3,26)27)19-12-7-11-18(22)15-19/h5-7,9,11-13,15-16H,4,8,10,14H2,1-3H3,(H,23,25). The van der Waals surface area contributed by atoms with Crippen molar-refractivity contribution in [1.29, 1.82) is 0 Å². The molecule has 0 heterocycles. The molecule has 0 aliphatic rings.